The first-order valence-corrected chi connectivity index (χ1v) is 11.4. The van der Waals surface area contributed by atoms with Crippen LogP contribution < -0.4 is 5.32 Å². The van der Waals surface area contributed by atoms with Gasteiger partial charge in [-0.3, -0.25) is 5.32 Å². The molecule has 2 aliphatic heterocycles. The fourth-order valence-corrected chi connectivity index (χ4v) is 5.43. The molecular formula is C26H27FN4O. The Morgan fingerprint density at radius 3 is 2.62 bits per heavy atom. The average Bonchev–Trinajstić information content (AvgIpc) is 3.46. The molecule has 1 fully saturated rings. The van der Waals surface area contributed by atoms with Crippen LogP contribution in [0.4, 0.5) is 4.39 Å². The van der Waals surface area contributed by atoms with Gasteiger partial charge in [0, 0.05) is 29.8 Å². The van der Waals surface area contributed by atoms with Gasteiger partial charge in [0.15, 0.2) is 0 Å². The first kappa shape index (κ1) is 19.7. The number of benzene rings is 2. The minimum absolute atomic E-state index is 0.208. The van der Waals surface area contributed by atoms with Crippen LogP contribution in [0.25, 0.3) is 22.2 Å². The van der Waals surface area contributed by atoms with Gasteiger partial charge in [0.05, 0.1) is 23.5 Å². The molecule has 1 saturated heterocycles. The van der Waals surface area contributed by atoms with Crippen molar-refractivity contribution in [2.24, 2.45) is 5.92 Å². The standard InChI is InChI=1S/C26H27FN4O/c1-26(25-28-15-22(30-25)16-6-8-18(27)9-7-16)14-20-19-4-2-3-5-21(19)29-24(20)23(31-26)17-10-12-32-13-11-17/h2-9,15,17,23,29,31H,10-14H2,1H3,(H,28,30). The number of ether oxygens (including phenoxy) is 1. The van der Waals surface area contributed by atoms with Crippen LogP contribution in [0.1, 0.15) is 42.9 Å². The summed E-state index contributed by atoms with van der Waals surface area (Å²) in [7, 11) is 0. The number of aromatic amines is 2. The van der Waals surface area contributed by atoms with E-state index < -0.39 is 0 Å². The monoisotopic (exact) mass is 430 g/mol. The summed E-state index contributed by atoms with van der Waals surface area (Å²) in [6, 6.07) is 15.3. The molecule has 3 N–H and O–H groups in total. The predicted octanol–water partition coefficient (Wildman–Crippen LogP) is 5.23. The third kappa shape index (κ3) is 3.26. The zero-order valence-corrected chi connectivity index (χ0v) is 18.1. The number of nitrogens with zero attached hydrogens (tertiary/aromatic N) is 1. The third-order valence-corrected chi connectivity index (χ3v) is 7.15. The molecular weight excluding hydrogens is 403 g/mol. The molecule has 2 aromatic heterocycles. The van der Waals surface area contributed by atoms with E-state index in [1.807, 2.05) is 6.20 Å². The molecule has 2 atom stereocenters. The number of hydrogen-bond acceptors (Lipinski definition) is 3. The Bertz CT molecular complexity index is 1250. The van der Waals surface area contributed by atoms with Crippen molar-refractivity contribution < 1.29 is 9.13 Å². The summed E-state index contributed by atoms with van der Waals surface area (Å²) in [5.41, 5.74) is 5.35. The molecule has 0 bridgehead atoms. The van der Waals surface area contributed by atoms with Gasteiger partial charge in [-0.2, -0.15) is 0 Å². The quantitative estimate of drug-likeness (QED) is 0.417. The number of imidazole rings is 1. The molecule has 32 heavy (non-hydrogen) atoms. The summed E-state index contributed by atoms with van der Waals surface area (Å²) < 4.78 is 19.0. The number of halogens is 1. The van der Waals surface area contributed by atoms with Gasteiger partial charge in [-0.25, -0.2) is 9.37 Å². The first-order chi connectivity index (χ1) is 15.6. The normalized spacial score (nSPS) is 24.0. The van der Waals surface area contributed by atoms with E-state index in [9.17, 15) is 4.39 Å². The van der Waals surface area contributed by atoms with Crippen LogP contribution in [0.5, 0.6) is 0 Å². The zero-order chi connectivity index (χ0) is 21.7. The van der Waals surface area contributed by atoms with Crippen molar-refractivity contribution >= 4 is 10.9 Å². The van der Waals surface area contributed by atoms with Crippen LogP contribution in [-0.2, 0) is 16.7 Å². The van der Waals surface area contributed by atoms with Crippen molar-refractivity contribution in [1.82, 2.24) is 20.3 Å². The van der Waals surface area contributed by atoms with E-state index in [0.717, 1.165) is 49.6 Å². The van der Waals surface area contributed by atoms with Crippen molar-refractivity contribution in [3.05, 3.63) is 77.6 Å². The van der Waals surface area contributed by atoms with Gasteiger partial charge in [0.1, 0.15) is 11.6 Å². The Morgan fingerprint density at radius 1 is 1.03 bits per heavy atom. The van der Waals surface area contributed by atoms with E-state index >= 15 is 0 Å². The topological polar surface area (TPSA) is 65.7 Å². The molecule has 6 rings (SSSR count). The van der Waals surface area contributed by atoms with E-state index in [0.29, 0.717) is 5.92 Å². The van der Waals surface area contributed by atoms with Gasteiger partial charge in [-0.15, -0.1) is 0 Å². The Kier molecular flexibility index (Phi) is 4.66. The van der Waals surface area contributed by atoms with Crippen molar-refractivity contribution in [2.75, 3.05) is 13.2 Å². The molecule has 6 heteroatoms. The molecule has 0 spiro atoms. The summed E-state index contributed by atoms with van der Waals surface area (Å²) >= 11 is 0. The second-order valence-corrected chi connectivity index (χ2v) is 9.30. The molecule has 0 aliphatic carbocycles. The van der Waals surface area contributed by atoms with Crippen LogP contribution in [0, 0.1) is 11.7 Å². The molecule has 0 radical (unpaired) electrons. The minimum Gasteiger partial charge on any atom is -0.381 e. The van der Waals surface area contributed by atoms with Gasteiger partial charge in [-0.05, 0) is 73.6 Å². The van der Waals surface area contributed by atoms with E-state index in [1.54, 1.807) is 12.1 Å². The van der Waals surface area contributed by atoms with E-state index in [4.69, 9.17) is 9.72 Å². The van der Waals surface area contributed by atoms with E-state index in [-0.39, 0.29) is 17.4 Å². The summed E-state index contributed by atoms with van der Waals surface area (Å²) in [5.74, 6) is 1.17. The fourth-order valence-electron chi connectivity index (χ4n) is 5.43. The third-order valence-electron chi connectivity index (χ3n) is 7.15. The molecule has 164 valence electrons. The molecule has 2 aromatic carbocycles. The van der Waals surface area contributed by atoms with Gasteiger partial charge < -0.3 is 14.7 Å². The lowest BCUT2D eigenvalue weighted by atomic mass is 9.78. The Hall–Kier alpha value is -2.96. The highest BCUT2D eigenvalue weighted by Crippen LogP contribution is 2.43. The fraction of sp³-hybridized carbons (Fsp3) is 0.346. The van der Waals surface area contributed by atoms with Gasteiger partial charge in [-0.1, -0.05) is 18.2 Å². The lowest BCUT2D eigenvalue weighted by Crippen LogP contribution is -2.50. The van der Waals surface area contributed by atoms with Crippen molar-refractivity contribution in [3.8, 4) is 11.3 Å². The zero-order valence-electron chi connectivity index (χ0n) is 18.1. The van der Waals surface area contributed by atoms with Crippen molar-refractivity contribution in [1.29, 1.82) is 0 Å². The molecule has 5 nitrogen and oxygen atoms in total. The van der Waals surface area contributed by atoms with Gasteiger partial charge >= 0.3 is 0 Å². The van der Waals surface area contributed by atoms with Crippen LogP contribution in [0.15, 0.2) is 54.7 Å². The van der Waals surface area contributed by atoms with Crippen molar-refractivity contribution in [3.63, 3.8) is 0 Å². The SMILES string of the molecule is CC1(c2ncc(-c3ccc(F)cc3)[nH]2)Cc2c([nH]c3ccccc23)C(C2CCOCC2)N1. The molecule has 0 saturated carbocycles. The second kappa shape index (κ2) is 7.57. The maximum absolute atomic E-state index is 13.4. The molecule has 0 amide bonds. The van der Waals surface area contributed by atoms with Crippen LogP contribution in [0.3, 0.4) is 0 Å². The Morgan fingerprint density at radius 2 is 1.81 bits per heavy atom. The van der Waals surface area contributed by atoms with Crippen LogP contribution in [-0.4, -0.2) is 28.2 Å². The van der Waals surface area contributed by atoms with Gasteiger partial charge in [0.2, 0.25) is 0 Å². The maximum Gasteiger partial charge on any atom is 0.126 e. The molecule has 4 heterocycles. The lowest BCUT2D eigenvalue weighted by Gasteiger charge is -2.42. The summed E-state index contributed by atoms with van der Waals surface area (Å²) in [5, 5.41) is 5.26. The van der Waals surface area contributed by atoms with Crippen molar-refractivity contribution in [2.45, 2.75) is 37.8 Å². The number of H-pyrrole nitrogens is 2. The average molecular weight is 431 g/mol. The Balaban J connectivity index is 1.42. The minimum atomic E-state index is -0.348. The van der Waals surface area contributed by atoms with Crippen LogP contribution in [0.2, 0.25) is 0 Å². The molecule has 4 aromatic rings. The Labute approximate surface area is 186 Å². The maximum atomic E-state index is 13.4. The lowest BCUT2D eigenvalue weighted by molar-refractivity contribution is 0.0449. The number of fused-ring (bicyclic) bond motifs is 3. The number of rotatable bonds is 3. The van der Waals surface area contributed by atoms with Crippen LogP contribution >= 0.6 is 0 Å². The number of nitrogens with one attached hydrogen (secondary N) is 3. The second-order valence-electron chi connectivity index (χ2n) is 9.30. The summed E-state index contributed by atoms with van der Waals surface area (Å²) in [4.78, 5) is 12.0. The van der Waals surface area contributed by atoms with E-state index in [2.05, 4.69) is 46.5 Å². The summed E-state index contributed by atoms with van der Waals surface area (Å²) in [6.45, 7) is 3.85. The number of hydrogen-bond donors (Lipinski definition) is 3. The number of aromatic nitrogens is 3. The molecule has 2 unspecified atom stereocenters. The highest BCUT2D eigenvalue weighted by molar-refractivity contribution is 5.85. The smallest absolute Gasteiger partial charge is 0.126 e. The summed E-state index contributed by atoms with van der Waals surface area (Å²) in [6.07, 6.45) is 4.77. The number of para-hydroxylation sites is 1. The van der Waals surface area contributed by atoms with Gasteiger partial charge in [0.25, 0.3) is 0 Å². The highest BCUT2D eigenvalue weighted by Gasteiger charge is 2.43. The largest absolute Gasteiger partial charge is 0.381 e. The van der Waals surface area contributed by atoms with E-state index in [1.165, 1.54) is 34.3 Å². The molecule has 2 aliphatic rings. The predicted molar refractivity (Wildman–Crippen MR) is 123 cm³/mol. The first-order valence-electron chi connectivity index (χ1n) is 11.4. The highest BCUT2D eigenvalue weighted by atomic mass is 19.1.